The molecule has 1 N–H and O–H groups in total. The summed E-state index contributed by atoms with van der Waals surface area (Å²) >= 11 is 0. The molecule has 2 aromatic carbocycles. The van der Waals surface area contributed by atoms with E-state index < -0.39 is 21.8 Å². The van der Waals surface area contributed by atoms with E-state index in [4.69, 9.17) is 0 Å². The molecule has 0 aromatic heterocycles. The topological polar surface area (TPSA) is 66.5 Å². The van der Waals surface area contributed by atoms with Crippen LogP contribution < -0.4 is 5.32 Å². The summed E-state index contributed by atoms with van der Waals surface area (Å²) in [4.78, 5) is 12.4. The maximum absolute atomic E-state index is 12.8. The summed E-state index contributed by atoms with van der Waals surface area (Å²) in [6.45, 7) is 0.489. The first-order valence-corrected chi connectivity index (χ1v) is 11.2. The zero-order chi connectivity index (χ0) is 21.8. The maximum Gasteiger partial charge on any atom is 0.416 e. The number of benzene rings is 2. The molecule has 0 unspecified atom stereocenters. The van der Waals surface area contributed by atoms with Crippen molar-refractivity contribution < 1.29 is 26.4 Å². The van der Waals surface area contributed by atoms with Crippen LogP contribution in [0.15, 0.2) is 54.6 Å². The van der Waals surface area contributed by atoms with Crippen LogP contribution in [0.1, 0.15) is 29.5 Å². The van der Waals surface area contributed by atoms with Crippen molar-refractivity contribution in [2.24, 2.45) is 5.92 Å². The number of sulfonamides is 1. The van der Waals surface area contributed by atoms with Gasteiger partial charge in [-0.1, -0.05) is 42.5 Å². The highest BCUT2D eigenvalue weighted by atomic mass is 32.2. The van der Waals surface area contributed by atoms with Crippen LogP contribution in [-0.2, 0) is 33.3 Å². The summed E-state index contributed by atoms with van der Waals surface area (Å²) in [6, 6.07) is 13.7. The molecule has 5 nitrogen and oxygen atoms in total. The van der Waals surface area contributed by atoms with Gasteiger partial charge in [0.15, 0.2) is 0 Å². The second kappa shape index (κ2) is 9.18. The number of alkyl halides is 3. The van der Waals surface area contributed by atoms with Gasteiger partial charge in [-0.15, -0.1) is 0 Å². The standard InChI is InChI=1S/C21H23F3N2O3S/c22-21(23,24)19-8-4-7-17(13-19)14-25-20(27)18-9-11-26(12-10-18)30(28,29)15-16-5-2-1-3-6-16/h1-8,13,18H,9-12,14-15H2,(H,25,27). The molecule has 1 aliphatic rings. The predicted molar refractivity (Wildman–Crippen MR) is 107 cm³/mol. The molecule has 3 rings (SSSR count). The first-order chi connectivity index (χ1) is 14.1. The van der Waals surface area contributed by atoms with Crippen molar-refractivity contribution in [1.82, 2.24) is 9.62 Å². The molecule has 1 aliphatic heterocycles. The van der Waals surface area contributed by atoms with Crippen molar-refractivity contribution in [2.45, 2.75) is 31.3 Å². The molecule has 30 heavy (non-hydrogen) atoms. The summed E-state index contributed by atoms with van der Waals surface area (Å²) in [5.74, 6) is -0.716. The van der Waals surface area contributed by atoms with E-state index >= 15 is 0 Å². The lowest BCUT2D eigenvalue weighted by atomic mass is 9.97. The molecule has 1 saturated heterocycles. The van der Waals surface area contributed by atoms with Crippen LogP contribution in [0.4, 0.5) is 13.2 Å². The Balaban J connectivity index is 1.51. The largest absolute Gasteiger partial charge is 0.416 e. The van der Waals surface area contributed by atoms with Crippen molar-refractivity contribution in [1.29, 1.82) is 0 Å². The zero-order valence-corrected chi connectivity index (χ0v) is 17.0. The molecule has 1 fully saturated rings. The molecule has 0 aliphatic carbocycles. The monoisotopic (exact) mass is 440 g/mol. The van der Waals surface area contributed by atoms with Crippen LogP contribution >= 0.6 is 0 Å². The second-order valence-electron chi connectivity index (χ2n) is 7.33. The third kappa shape index (κ3) is 5.82. The third-order valence-corrected chi connectivity index (χ3v) is 6.98. The maximum atomic E-state index is 12.8. The van der Waals surface area contributed by atoms with Crippen LogP contribution in [0.5, 0.6) is 0 Å². The lowest BCUT2D eigenvalue weighted by Crippen LogP contribution is -2.43. The minimum absolute atomic E-state index is 0.00469. The number of halogens is 3. The van der Waals surface area contributed by atoms with E-state index in [2.05, 4.69) is 5.32 Å². The Hall–Kier alpha value is -2.39. The van der Waals surface area contributed by atoms with Gasteiger partial charge in [-0.2, -0.15) is 13.2 Å². The highest BCUT2D eigenvalue weighted by Gasteiger charge is 2.32. The number of piperidine rings is 1. The average Bonchev–Trinajstić information content (AvgIpc) is 2.72. The number of amides is 1. The van der Waals surface area contributed by atoms with Gasteiger partial charge in [0.05, 0.1) is 11.3 Å². The summed E-state index contributed by atoms with van der Waals surface area (Å²) < 4.78 is 64.9. The molecule has 0 bridgehead atoms. The van der Waals surface area contributed by atoms with Crippen LogP contribution in [0.25, 0.3) is 0 Å². The zero-order valence-electron chi connectivity index (χ0n) is 16.2. The Morgan fingerprint density at radius 2 is 1.63 bits per heavy atom. The molecular formula is C21H23F3N2O3S. The summed E-state index contributed by atoms with van der Waals surface area (Å²) in [7, 11) is -3.46. The Bertz CT molecular complexity index is 970. The fourth-order valence-electron chi connectivity index (χ4n) is 3.46. The molecule has 0 spiro atoms. The van der Waals surface area contributed by atoms with E-state index in [1.165, 1.54) is 16.4 Å². The van der Waals surface area contributed by atoms with Gasteiger partial charge in [0, 0.05) is 25.6 Å². The van der Waals surface area contributed by atoms with Gasteiger partial charge in [0.2, 0.25) is 15.9 Å². The molecule has 0 radical (unpaired) electrons. The van der Waals surface area contributed by atoms with Crippen molar-refractivity contribution >= 4 is 15.9 Å². The summed E-state index contributed by atoms with van der Waals surface area (Å²) in [6.07, 6.45) is -3.68. The third-order valence-electron chi connectivity index (χ3n) is 5.13. The lowest BCUT2D eigenvalue weighted by Gasteiger charge is -2.30. The highest BCUT2D eigenvalue weighted by molar-refractivity contribution is 7.88. The van der Waals surface area contributed by atoms with Crippen molar-refractivity contribution in [3.05, 3.63) is 71.3 Å². The van der Waals surface area contributed by atoms with Crippen LogP contribution in [0.3, 0.4) is 0 Å². The number of rotatable bonds is 6. The first kappa shape index (κ1) is 22.3. The van der Waals surface area contributed by atoms with Crippen LogP contribution in [0, 0.1) is 5.92 Å². The van der Waals surface area contributed by atoms with E-state index in [0.29, 0.717) is 24.0 Å². The first-order valence-electron chi connectivity index (χ1n) is 9.61. The smallest absolute Gasteiger partial charge is 0.352 e. The molecule has 1 amide bonds. The molecule has 162 valence electrons. The lowest BCUT2D eigenvalue weighted by molar-refractivity contribution is -0.137. The van der Waals surface area contributed by atoms with Gasteiger partial charge in [-0.05, 0) is 36.1 Å². The fraction of sp³-hybridized carbons (Fsp3) is 0.381. The van der Waals surface area contributed by atoms with Gasteiger partial charge in [0.25, 0.3) is 0 Å². The van der Waals surface area contributed by atoms with Crippen molar-refractivity contribution in [2.75, 3.05) is 13.1 Å². The van der Waals surface area contributed by atoms with Crippen molar-refractivity contribution in [3.8, 4) is 0 Å². The van der Waals surface area contributed by atoms with Gasteiger partial charge in [0.1, 0.15) is 0 Å². The minimum Gasteiger partial charge on any atom is -0.352 e. The molecular weight excluding hydrogens is 417 g/mol. The molecule has 0 atom stereocenters. The van der Waals surface area contributed by atoms with Crippen molar-refractivity contribution in [3.63, 3.8) is 0 Å². The van der Waals surface area contributed by atoms with E-state index in [-0.39, 0.29) is 37.2 Å². The summed E-state index contributed by atoms with van der Waals surface area (Å²) in [5.41, 5.74) is 0.311. The Kier molecular flexibility index (Phi) is 6.82. The van der Waals surface area contributed by atoms with E-state index in [1.807, 2.05) is 6.07 Å². The van der Waals surface area contributed by atoms with E-state index in [1.54, 1.807) is 24.3 Å². The predicted octanol–water partition coefficient (Wildman–Crippen LogP) is 3.56. The Labute approximate surface area is 173 Å². The number of hydrogen-bond donors (Lipinski definition) is 1. The van der Waals surface area contributed by atoms with Gasteiger partial charge < -0.3 is 5.32 Å². The molecule has 2 aromatic rings. The Morgan fingerprint density at radius 1 is 1.00 bits per heavy atom. The van der Waals surface area contributed by atoms with Crippen LogP contribution in [0.2, 0.25) is 0 Å². The molecule has 0 saturated carbocycles. The SMILES string of the molecule is O=C(NCc1cccc(C(F)(F)F)c1)C1CCN(S(=O)(=O)Cc2ccccc2)CC1. The van der Waals surface area contributed by atoms with Gasteiger partial charge in [-0.3, -0.25) is 4.79 Å². The number of carbonyl (C=O) groups is 1. The van der Waals surface area contributed by atoms with E-state index in [0.717, 1.165) is 12.1 Å². The van der Waals surface area contributed by atoms with Crippen LogP contribution in [-0.4, -0.2) is 31.7 Å². The number of nitrogens with zero attached hydrogens (tertiary/aromatic N) is 1. The summed E-state index contributed by atoms with van der Waals surface area (Å²) in [5, 5.41) is 2.67. The second-order valence-corrected chi connectivity index (χ2v) is 9.30. The van der Waals surface area contributed by atoms with E-state index in [9.17, 15) is 26.4 Å². The Morgan fingerprint density at radius 3 is 2.27 bits per heavy atom. The molecule has 9 heteroatoms. The minimum atomic E-state index is -4.43. The quantitative estimate of drug-likeness (QED) is 0.747. The van der Waals surface area contributed by atoms with Gasteiger partial charge >= 0.3 is 6.18 Å². The number of nitrogens with one attached hydrogen (secondary N) is 1. The van der Waals surface area contributed by atoms with Gasteiger partial charge in [-0.25, -0.2) is 12.7 Å². The highest BCUT2D eigenvalue weighted by Crippen LogP contribution is 2.29. The average molecular weight is 440 g/mol. The fourth-order valence-corrected chi connectivity index (χ4v) is 5.03. The normalized spacial score (nSPS) is 16.4. The molecule has 1 heterocycles. The number of carbonyl (C=O) groups excluding carboxylic acids is 1. The number of hydrogen-bond acceptors (Lipinski definition) is 3.